The van der Waals surface area contributed by atoms with Crippen LogP contribution in [-0.2, 0) is 4.79 Å². The van der Waals surface area contributed by atoms with E-state index in [1.807, 2.05) is 74.5 Å². The molecule has 5 nitrogen and oxygen atoms in total. The average molecular weight is 398 g/mol. The van der Waals surface area contributed by atoms with Gasteiger partial charge in [0, 0.05) is 5.56 Å². The van der Waals surface area contributed by atoms with Gasteiger partial charge in [0.15, 0.2) is 5.75 Å². The molecule has 0 unspecified atom stereocenters. The summed E-state index contributed by atoms with van der Waals surface area (Å²) in [5, 5.41) is 12.3. The zero-order valence-electron chi connectivity index (χ0n) is 16.8. The van der Waals surface area contributed by atoms with Crippen LogP contribution in [0.2, 0.25) is 0 Å². The van der Waals surface area contributed by atoms with Crippen LogP contribution >= 0.6 is 0 Å². The highest BCUT2D eigenvalue weighted by molar-refractivity contribution is 6.10. The third-order valence-electron chi connectivity index (χ3n) is 4.05. The molecule has 1 N–H and O–H groups in total. The number of amides is 1. The van der Waals surface area contributed by atoms with Crippen molar-refractivity contribution in [3.8, 4) is 23.3 Å². The van der Waals surface area contributed by atoms with E-state index in [4.69, 9.17) is 9.47 Å². The molecule has 0 aliphatic rings. The fourth-order valence-corrected chi connectivity index (χ4v) is 2.73. The van der Waals surface area contributed by atoms with Crippen LogP contribution in [0.1, 0.15) is 19.4 Å². The van der Waals surface area contributed by atoms with E-state index in [0.29, 0.717) is 28.5 Å². The van der Waals surface area contributed by atoms with E-state index < -0.39 is 5.91 Å². The number of nitriles is 1. The molecular weight excluding hydrogens is 376 g/mol. The summed E-state index contributed by atoms with van der Waals surface area (Å²) in [7, 11) is 0. The first kappa shape index (κ1) is 20.7. The quantitative estimate of drug-likeness (QED) is 0.403. The van der Waals surface area contributed by atoms with E-state index in [-0.39, 0.29) is 11.7 Å². The number of nitrogens with zero attached hydrogens (tertiary/aromatic N) is 1. The predicted octanol–water partition coefficient (Wildman–Crippen LogP) is 5.81. The van der Waals surface area contributed by atoms with Crippen LogP contribution in [0.5, 0.6) is 17.2 Å². The summed E-state index contributed by atoms with van der Waals surface area (Å²) in [5.41, 5.74) is 1.09. The molecule has 5 heteroatoms. The Morgan fingerprint density at radius 1 is 0.933 bits per heavy atom. The molecule has 0 aliphatic carbocycles. The molecule has 30 heavy (non-hydrogen) atoms. The number of rotatable bonds is 7. The lowest BCUT2D eigenvalue weighted by atomic mass is 10.1. The Morgan fingerprint density at radius 2 is 1.57 bits per heavy atom. The molecule has 1 amide bonds. The number of carbonyl (C=O) groups is 1. The van der Waals surface area contributed by atoms with Gasteiger partial charge in [0.2, 0.25) is 0 Å². The Morgan fingerprint density at radius 3 is 2.27 bits per heavy atom. The van der Waals surface area contributed by atoms with Crippen molar-refractivity contribution in [2.24, 2.45) is 0 Å². The number of nitrogens with one attached hydrogen (secondary N) is 1. The van der Waals surface area contributed by atoms with Crippen molar-refractivity contribution in [3.63, 3.8) is 0 Å². The first-order valence-corrected chi connectivity index (χ1v) is 9.57. The lowest BCUT2D eigenvalue weighted by molar-refractivity contribution is -0.112. The molecule has 3 aromatic rings. The number of carbonyl (C=O) groups excluding carboxylic acids is 1. The largest absolute Gasteiger partial charge is 0.490 e. The third kappa shape index (κ3) is 5.49. The predicted molar refractivity (Wildman–Crippen MR) is 117 cm³/mol. The first-order valence-electron chi connectivity index (χ1n) is 9.57. The minimum Gasteiger partial charge on any atom is -0.490 e. The van der Waals surface area contributed by atoms with Gasteiger partial charge in [0.05, 0.1) is 11.8 Å². The molecule has 0 aliphatic heterocycles. The van der Waals surface area contributed by atoms with Crippen molar-refractivity contribution in [2.45, 2.75) is 20.0 Å². The van der Waals surface area contributed by atoms with Crippen LogP contribution in [0.3, 0.4) is 0 Å². The van der Waals surface area contributed by atoms with Gasteiger partial charge in [-0.1, -0.05) is 48.5 Å². The fourth-order valence-electron chi connectivity index (χ4n) is 2.73. The van der Waals surface area contributed by atoms with Gasteiger partial charge in [-0.2, -0.15) is 5.26 Å². The fraction of sp³-hybridized carbons (Fsp3) is 0.120. The second kappa shape index (κ2) is 9.94. The maximum Gasteiger partial charge on any atom is 0.266 e. The number of anilines is 1. The van der Waals surface area contributed by atoms with Crippen LogP contribution < -0.4 is 14.8 Å². The van der Waals surface area contributed by atoms with E-state index in [2.05, 4.69) is 5.32 Å². The minimum absolute atomic E-state index is 0.0269. The molecule has 0 heterocycles. The third-order valence-corrected chi connectivity index (χ3v) is 4.05. The summed E-state index contributed by atoms with van der Waals surface area (Å²) in [6, 6.07) is 25.6. The monoisotopic (exact) mass is 398 g/mol. The molecule has 0 fully saturated rings. The second-order valence-corrected chi connectivity index (χ2v) is 6.74. The molecule has 3 aromatic carbocycles. The number of hydrogen-bond donors (Lipinski definition) is 1. The minimum atomic E-state index is -0.527. The Kier molecular flexibility index (Phi) is 6.86. The van der Waals surface area contributed by atoms with Gasteiger partial charge in [-0.05, 0) is 50.3 Å². The molecule has 0 spiro atoms. The van der Waals surface area contributed by atoms with E-state index in [0.717, 1.165) is 0 Å². The van der Waals surface area contributed by atoms with E-state index in [1.54, 1.807) is 24.3 Å². The zero-order chi connectivity index (χ0) is 21.3. The van der Waals surface area contributed by atoms with E-state index >= 15 is 0 Å². The summed E-state index contributed by atoms with van der Waals surface area (Å²) in [6.07, 6.45) is 1.49. The van der Waals surface area contributed by atoms with Crippen molar-refractivity contribution in [1.82, 2.24) is 0 Å². The SMILES string of the molecule is CC(C)Oc1ccccc1/C=C(\C#N)C(=O)Nc1ccccc1Oc1ccccc1. The van der Waals surface area contributed by atoms with Gasteiger partial charge < -0.3 is 14.8 Å². The van der Waals surface area contributed by atoms with Crippen molar-refractivity contribution in [3.05, 3.63) is 90.0 Å². The molecular formula is C25H22N2O3. The smallest absolute Gasteiger partial charge is 0.266 e. The van der Waals surface area contributed by atoms with Crippen molar-refractivity contribution >= 4 is 17.7 Å². The van der Waals surface area contributed by atoms with Gasteiger partial charge in [-0.3, -0.25) is 4.79 Å². The molecule has 0 saturated carbocycles. The first-order chi connectivity index (χ1) is 14.6. The van der Waals surface area contributed by atoms with Gasteiger partial charge in [-0.15, -0.1) is 0 Å². The molecule has 0 bridgehead atoms. The Bertz CT molecular complexity index is 1080. The maximum atomic E-state index is 12.8. The maximum absolute atomic E-state index is 12.8. The summed E-state index contributed by atoms with van der Waals surface area (Å²) in [4.78, 5) is 12.8. The Labute approximate surface area is 176 Å². The molecule has 3 rings (SSSR count). The summed E-state index contributed by atoms with van der Waals surface area (Å²) >= 11 is 0. The van der Waals surface area contributed by atoms with E-state index in [9.17, 15) is 10.1 Å². The molecule has 0 aromatic heterocycles. The zero-order valence-corrected chi connectivity index (χ0v) is 16.8. The van der Waals surface area contributed by atoms with Gasteiger partial charge >= 0.3 is 0 Å². The van der Waals surface area contributed by atoms with Crippen molar-refractivity contribution in [1.29, 1.82) is 5.26 Å². The van der Waals surface area contributed by atoms with E-state index in [1.165, 1.54) is 6.08 Å². The second-order valence-electron chi connectivity index (χ2n) is 6.74. The molecule has 0 atom stereocenters. The molecule has 0 saturated heterocycles. The lowest BCUT2D eigenvalue weighted by Crippen LogP contribution is -2.14. The van der Waals surface area contributed by atoms with Gasteiger partial charge in [0.1, 0.15) is 23.1 Å². The Balaban J connectivity index is 1.84. The topological polar surface area (TPSA) is 71.3 Å². The number of para-hydroxylation sites is 4. The highest BCUT2D eigenvalue weighted by Crippen LogP contribution is 2.30. The summed E-state index contributed by atoms with van der Waals surface area (Å²) in [5.74, 6) is 1.22. The van der Waals surface area contributed by atoms with Crippen LogP contribution in [-0.4, -0.2) is 12.0 Å². The number of hydrogen-bond acceptors (Lipinski definition) is 4. The average Bonchev–Trinajstić information content (AvgIpc) is 2.75. The van der Waals surface area contributed by atoms with Crippen molar-refractivity contribution in [2.75, 3.05) is 5.32 Å². The van der Waals surface area contributed by atoms with Gasteiger partial charge in [0.25, 0.3) is 5.91 Å². The Hall–Kier alpha value is -4.04. The summed E-state index contributed by atoms with van der Waals surface area (Å²) in [6.45, 7) is 3.84. The highest BCUT2D eigenvalue weighted by atomic mass is 16.5. The molecule has 0 radical (unpaired) electrons. The van der Waals surface area contributed by atoms with Crippen LogP contribution in [0.25, 0.3) is 6.08 Å². The van der Waals surface area contributed by atoms with Gasteiger partial charge in [-0.25, -0.2) is 0 Å². The number of benzene rings is 3. The normalized spacial score (nSPS) is 10.9. The van der Waals surface area contributed by atoms with Crippen LogP contribution in [0, 0.1) is 11.3 Å². The van der Waals surface area contributed by atoms with Crippen LogP contribution in [0.15, 0.2) is 84.4 Å². The highest BCUT2D eigenvalue weighted by Gasteiger charge is 2.14. The van der Waals surface area contributed by atoms with Crippen molar-refractivity contribution < 1.29 is 14.3 Å². The molecule has 150 valence electrons. The standard InChI is InChI=1S/C25H22N2O3/c1-18(2)29-23-14-8-6-10-19(23)16-20(17-26)25(28)27-22-13-7-9-15-24(22)30-21-11-4-3-5-12-21/h3-16,18H,1-2H3,(H,27,28)/b20-16+. The lowest BCUT2D eigenvalue weighted by Gasteiger charge is -2.13. The van der Waals surface area contributed by atoms with Crippen LogP contribution in [0.4, 0.5) is 5.69 Å². The summed E-state index contributed by atoms with van der Waals surface area (Å²) < 4.78 is 11.6. The number of ether oxygens (including phenoxy) is 2.